The molecule has 1 heterocycles. The largest absolute Gasteiger partial charge is 1.00 e. The average Bonchev–Trinajstić information content (AvgIpc) is 3.09. The second-order valence-corrected chi connectivity index (χ2v) is 7.09. The minimum Gasteiger partial charge on any atom is -1.00 e. The summed E-state index contributed by atoms with van der Waals surface area (Å²) in [6.07, 6.45) is 4.13. The second-order valence-electron chi connectivity index (χ2n) is 7.09. The Morgan fingerprint density at radius 1 is 1.00 bits per heavy atom. The van der Waals surface area contributed by atoms with E-state index < -0.39 is 5.92 Å². The first kappa shape index (κ1) is 21.7. The molecular formula is C24H22BrNO4. The molecule has 30 heavy (non-hydrogen) atoms. The van der Waals surface area contributed by atoms with Crippen molar-refractivity contribution in [1.29, 1.82) is 0 Å². The van der Waals surface area contributed by atoms with Crippen molar-refractivity contribution in [3.8, 4) is 11.5 Å². The molecule has 0 saturated heterocycles. The SMILES string of the molecule is COc1cc2c(cc1OC)C(=O)C(C(=O)c1cc[n+](Cc3ccccc3)cc1)C2.[Br-]. The standard InChI is InChI=1S/C24H22NO4.BrH/c1-28-21-13-18-12-20(24(27)19(18)14-22(21)29-2)23(26)17-8-10-25(11-9-17)15-16-6-4-3-5-7-16;/h3-11,13-14,20H,12,15H2,1-2H3;1H/q+1;/p-1. The molecule has 4 rings (SSSR count). The molecule has 2 aromatic carbocycles. The lowest BCUT2D eigenvalue weighted by atomic mass is 9.95. The maximum atomic E-state index is 13.0. The number of ether oxygens (including phenoxy) is 2. The fourth-order valence-corrected chi connectivity index (χ4v) is 3.75. The summed E-state index contributed by atoms with van der Waals surface area (Å²) in [6.45, 7) is 0.725. The Hall–Kier alpha value is -2.99. The highest BCUT2D eigenvalue weighted by Gasteiger charge is 2.37. The lowest BCUT2D eigenvalue weighted by Gasteiger charge is -2.09. The van der Waals surface area contributed by atoms with Crippen LogP contribution in [0.15, 0.2) is 67.0 Å². The van der Waals surface area contributed by atoms with E-state index in [0.29, 0.717) is 29.0 Å². The van der Waals surface area contributed by atoms with Crippen molar-refractivity contribution in [3.63, 3.8) is 0 Å². The monoisotopic (exact) mass is 467 g/mol. The molecule has 5 nitrogen and oxygen atoms in total. The van der Waals surface area contributed by atoms with Crippen molar-refractivity contribution < 1.29 is 40.6 Å². The van der Waals surface area contributed by atoms with Crippen LogP contribution in [0.5, 0.6) is 11.5 Å². The zero-order chi connectivity index (χ0) is 20.4. The quantitative estimate of drug-likeness (QED) is 0.297. The maximum absolute atomic E-state index is 13.0. The van der Waals surface area contributed by atoms with Crippen LogP contribution < -0.4 is 31.0 Å². The number of ketones is 2. The van der Waals surface area contributed by atoms with Gasteiger partial charge in [-0.3, -0.25) is 9.59 Å². The van der Waals surface area contributed by atoms with Crippen LogP contribution in [-0.4, -0.2) is 25.8 Å². The van der Waals surface area contributed by atoms with Gasteiger partial charge in [-0.25, -0.2) is 4.57 Å². The van der Waals surface area contributed by atoms with Gasteiger partial charge in [0.2, 0.25) is 0 Å². The molecule has 0 fully saturated rings. The van der Waals surface area contributed by atoms with Crippen LogP contribution in [0.3, 0.4) is 0 Å². The van der Waals surface area contributed by atoms with Gasteiger partial charge in [-0.2, -0.15) is 0 Å². The Labute approximate surface area is 186 Å². The second kappa shape index (κ2) is 9.22. The lowest BCUT2D eigenvalue weighted by molar-refractivity contribution is -0.688. The van der Waals surface area contributed by atoms with Crippen molar-refractivity contribution in [2.24, 2.45) is 5.92 Å². The van der Waals surface area contributed by atoms with E-state index in [4.69, 9.17) is 9.47 Å². The number of benzene rings is 2. The van der Waals surface area contributed by atoms with E-state index >= 15 is 0 Å². The Morgan fingerprint density at radius 3 is 2.27 bits per heavy atom. The zero-order valence-corrected chi connectivity index (χ0v) is 18.4. The number of carbonyl (C=O) groups is 2. The van der Waals surface area contributed by atoms with Crippen molar-refractivity contribution >= 4 is 11.6 Å². The molecule has 1 aliphatic rings. The summed E-state index contributed by atoms with van der Waals surface area (Å²) < 4.78 is 12.6. The van der Waals surface area contributed by atoms with E-state index in [-0.39, 0.29) is 28.5 Å². The summed E-state index contributed by atoms with van der Waals surface area (Å²) in [5.74, 6) is 0.0397. The number of methoxy groups -OCH3 is 2. The third-order valence-electron chi connectivity index (χ3n) is 5.32. The van der Waals surface area contributed by atoms with E-state index in [2.05, 4.69) is 12.1 Å². The first-order valence-corrected chi connectivity index (χ1v) is 9.47. The normalized spacial score (nSPS) is 14.6. The predicted octanol–water partition coefficient (Wildman–Crippen LogP) is 0.282. The minimum atomic E-state index is -0.702. The summed E-state index contributed by atoms with van der Waals surface area (Å²) in [5, 5.41) is 0. The van der Waals surface area contributed by atoms with E-state index in [1.54, 1.807) is 31.4 Å². The van der Waals surface area contributed by atoms with Crippen LogP contribution in [0.2, 0.25) is 0 Å². The van der Waals surface area contributed by atoms with Crippen molar-refractivity contribution in [2.75, 3.05) is 14.2 Å². The number of carbonyl (C=O) groups excluding carboxylic acids is 2. The van der Waals surface area contributed by atoms with Crippen molar-refractivity contribution in [1.82, 2.24) is 0 Å². The summed E-state index contributed by atoms with van der Waals surface area (Å²) in [4.78, 5) is 25.9. The fourth-order valence-electron chi connectivity index (χ4n) is 3.75. The fraction of sp³-hybridized carbons (Fsp3) is 0.208. The number of halogens is 1. The van der Waals surface area contributed by atoms with E-state index in [1.807, 2.05) is 35.2 Å². The Morgan fingerprint density at radius 2 is 1.63 bits per heavy atom. The van der Waals surface area contributed by atoms with Crippen molar-refractivity contribution in [3.05, 3.63) is 89.2 Å². The number of Topliss-reactive ketones (excluding diaryl/α,β-unsaturated/α-hetero) is 2. The molecule has 0 N–H and O–H groups in total. The molecular weight excluding hydrogens is 446 g/mol. The summed E-state index contributed by atoms with van der Waals surface area (Å²) >= 11 is 0. The van der Waals surface area contributed by atoms with E-state index in [0.717, 1.165) is 12.1 Å². The Kier molecular flexibility index (Phi) is 6.67. The van der Waals surface area contributed by atoms with E-state index in [9.17, 15) is 9.59 Å². The molecule has 0 aliphatic heterocycles. The number of hydrogen-bond donors (Lipinski definition) is 0. The van der Waals surface area contributed by atoms with Gasteiger partial charge >= 0.3 is 0 Å². The number of pyridine rings is 1. The molecule has 154 valence electrons. The summed E-state index contributed by atoms with van der Waals surface area (Å²) in [7, 11) is 3.08. The molecule has 6 heteroatoms. The van der Waals surface area contributed by atoms with Crippen LogP contribution in [0.4, 0.5) is 0 Å². The zero-order valence-electron chi connectivity index (χ0n) is 16.8. The van der Waals surface area contributed by atoms with Crippen LogP contribution in [0.1, 0.15) is 31.8 Å². The van der Waals surface area contributed by atoms with Crippen LogP contribution in [0, 0.1) is 5.92 Å². The summed E-state index contributed by atoms with van der Waals surface area (Å²) in [6, 6.07) is 17.1. The first-order valence-electron chi connectivity index (χ1n) is 9.47. The molecule has 1 atom stereocenters. The van der Waals surface area contributed by atoms with Gasteiger partial charge in [0.05, 0.1) is 20.1 Å². The van der Waals surface area contributed by atoms with Gasteiger partial charge in [-0.1, -0.05) is 30.3 Å². The lowest BCUT2D eigenvalue weighted by Crippen LogP contribution is -3.00. The molecule has 3 aromatic rings. The maximum Gasteiger partial charge on any atom is 0.174 e. The Bertz CT molecular complexity index is 1060. The molecule has 1 aliphatic carbocycles. The molecule has 1 unspecified atom stereocenters. The van der Waals surface area contributed by atoms with Gasteiger partial charge in [0, 0.05) is 28.8 Å². The Balaban J connectivity index is 0.00000256. The van der Waals surface area contributed by atoms with Gasteiger partial charge in [-0.05, 0) is 24.1 Å². The van der Waals surface area contributed by atoms with E-state index in [1.165, 1.54) is 12.7 Å². The number of nitrogens with zero attached hydrogens (tertiary/aromatic N) is 1. The van der Waals surface area contributed by atoms with Crippen LogP contribution in [-0.2, 0) is 13.0 Å². The molecule has 0 radical (unpaired) electrons. The van der Waals surface area contributed by atoms with Crippen LogP contribution >= 0.6 is 0 Å². The number of fused-ring (bicyclic) bond motifs is 1. The highest BCUT2D eigenvalue weighted by atomic mass is 79.9. The number of aromatic nitrogens is 1. The number of hydrogen-bond acceptors (Lipinski definition) is 4. The van der Waals surface area contributed by atoms with Gasteiger partial charge in [0.1, 0.15) is 0 Å². The average molecular weight is 468 g/mol. The highest BCUT2D eigenvalue weighted by molar-refractivity contribution is 6.18. The molecule has 0 saturated carbocycles. The van der Waals surface area contributed by atoms with Gasteiger partial charge in [-0.15, -0.1) is 0 Å². The third-order valence-corrected chi connectivity index (χ3v) is 5.32. The van der Waals surface area contributed by atoms with Gasteiger partial charge < -0.3 is 26.5 Å². The van der Waals surface area contributed by atoms with Gasteiger partial charge in [0.15, 0.2) is 42.0 Å². The first-order chi connectivity index (χ1) is 14.1. The molecule has 1 aromatic heterocycles. The minimum absolute atomic E-state index is 0. The predicted molar refractivity (Wildman–Crippen MR) is 108 cm³/mol. The van der Waals surface area contributed by atoms with Crippen LogP contribution in [0.25, 0.3) is 0 Å². The highest BCUT2D eigenvalue weighted by Crippen LogP contribution is 2.37. The molecule has 0 bridgehead atoms. The number of rotatable bonds is 6. The smallest absolute Gasteiger partial charge is 0.174 e. The molecule has 0 amide bonds. The molecule has 0 spiro atoms. The third kappa shape index (κ3) is 4.14. The topological polar surface area (TPSA) is 56.5 Å². The summed E-state index contributed by atoms with van der Waals surface area (Å²) in [5.41, 5.74) is 3.08. The van der Waals surface area contributed by atoms with Crippen molar-refractivity contribution in [2.45, 2.75) is 13.0 Å². The van der Waals surface area contributed by atoms with Gasteiger partial charge in [0.25, 0.3) is 0 Å².